The highest BCUT2D eigenvalue weighted by Crippen LogP contribution is 2.17. The first-order valence-corrected chi connectivity index (χ1v) is 6.51. The van der Waals surface area contributed by atoms with Crippen molar-refractivity contribution in [1.82, 2.24) is 0 Å². The van der Waals surface area contributed by atoms with Crippen LogP contribution in [0.3, 0.4) is 0 Å². The fourth-order valence-corrected chi connectivity index (χ4v) is 2.01. The summed E-state index contributed by atoms with van der Waals surface area (Å²) in [5.41, 5.74) is 7.25. The number of carboxylic acids is 1. The van der Waals surface area contributed by atoms with Crippen molar-refractivity contribution >= 4 is 17.6 Å². The summed E-state index contributed by atoms with van der Waals surface area (Å²) in [5, 5.41) is 11.6. The summed E-state index contributed by atoms with van der Waals surface area (Å²) in [6.45, 7) is 0.197. The topological polar surface area (TPSA) is 92.4 Å². The van der Waals surface area contributed by atoms with Gasteiger partial charge >= 0.3 is 5.97 Å². The third kappa shape index (κ3) is 3.67. The number of nitrogens with two attached hydrogens (primary N) is 1. The summed E-state index contributed by atoms with van der Waals surface area (Å²) in [6, 6.07) is 15.3. The van der Waals surface area contributed by atoms with Gasteiger partial charge in [-0.15, -0.1) is 0 Å². The van der Waals surface area contributed by atoms with Gasteiger partial charge in [-0.25, -0.2) is 4.79 Å². The lowest BCUT2D eigenvalue weighted by atomic mass is 9.98. The van der Waals surface area contributed by atoms with E-state index >= 15 is 0 Å². The monoisotopic (exact) mass is 284 g/mol. The summed E-state index contributed by atoms with van der Waals surface area (Å²) >= 11 is 0. The van der Waals surface area contributed by atoms with Crippen LogP contribution in [0.25, 0.3) is 0 Å². The second-order valence-electron chi connectivity index (χ2n) is 4.57. The molecular formula is C16H16N2O3. The standard InChI is InChI=1S/C16H16N2O3/c17-10-14(11-4-2-1-3-5-11)15(19)18-13-8-6-12(7-9-13)16(20)21/h1-9,14H,10,17H2,(H,18,19)(H,20,21). The Labute approximate surface area is 122 Å². The van der Waals surface area contributed by atoms with E-state index < -0.39 is 11.9 Å². The fourth-order valence-electron chi connectivity index (χ4n) is 2.01. The summed E-state index contributed by atoms with van der Waals surface area (Å²) < 4.78 is 0. The van der Waals surface area contributed by atoms with Gasteiger partial charge in [0.25, 0.3) is 0 Å². The maximum absolute atomic E-state index is 12.3. The lowest BCUT2D eigenvalue weighted by molar-refractivity contribution is -0.117. The Morgan fingerprint density at radius 1 is 1.05 bits per heavy atom. The van der Waals surface area contributed by atoms with Crippen LogP contribution in [0, 0.1) is 0 Å². The second kappa shape index (κ2) is 6.67. The van der Waals surface area contributed by atoms with Crippen LogP contribution >= 0.6 is 0 Å². The molecule has 2 aromatic carbocycles. The highest BCUT2D eigenvalue weighted by Gasteiger charge is 2.18. The van der Waals surface area contributed by atoms with Crippen molar-refractivity contribution < 1.29 is 14.7 Å². The number of benzene rings is 2. The quantitative estimate of drug-likeness (QED) is 0.783. The lowest BCUT2D eigenvalue weighted by Gasteiger charge is -2.15. The van der Waals surface area contributed by atoms with E-state index in [4.69, 9.17) is 10.8 Å². The summed E-state index contributed by atoms with van der Waals surface area (Å²) in [7, 11) is 0. The molecule has 108 valence electrons. The minimum atomic E-state index is -1.00. The molecule has 0 aliphatic heterocycles. The van der Waals surface area contributed by atoms with Gasteiger partial charge in [0.05, 0.1) is 11.5 Å². The molecular weight excluding hydrogens is 268 g/mol. The maximum Gasteiger partial charge on any atom is 0.335 e. The predicted octanol–water partition coefficient (Wildman–Crippen LogP) is 2.07. The second-order valence-corrected chi connectivity index (χ2v) is 4.57. The molecule has 0 saturated heterocycles. The van der Waals surface area contributed by atoms with E-state index in [9.17, 15) is 9.59 Å². The molecule has 2 rings (SSSR count). The molecule has 0 saturated carbocycles. The van der Waals surface area contributed by atoms with Gasteiger partial charge in [-0.05, 0) is 29.8 Å². The molecule has 21 heavy (non-hydrogen) atoms. The van der Waals surface area contributed by atoms with Gasteiger partial charge in [0.1, 0.15) is 0 Å². The number of amides is 1. The van der Waals surface area contributed by atoms with E-state index in [1.807, 2.05) is 30.3 Å². The summed E-state index contributed by atoms with van der Waals surface area (Å²) in [6.07, 6.45) is 0. The number of anilines is 1. The van der Waals surface area contributed by atoms with Crippen LogP contribution in [-0.2, 0) is 4.79 Å². The van der Waals surface area contributed by atoms with Crippen LogP contribution in [0.5, 0.6) is 0 Å². The molecule has 0 aromatic heterocycles. The first-order valence-electron chi connectivity index (χ1n) is 6.51. The van der Waals surface area contributed by atoms with E-state index in [2.05, 4.69) is 5.32 Å². The summed E-state index contributed by atoms with van der Waals surface area (Å²) in [4.78, 5) is 23.0. The molecule has 0 heterocycles. The number of carboxylic acid groups (broad SMARTS) is 1. The lowest BCUT2D eigenvalue weighted by Crippen LogP contribution is -2.27. The van der Waals surface area contributed by atoms with Crippen LogP contribution in [0.15, 0.2) is 54.6 Å². The molecule has 0 spiro atoms. The Balaban J connectivity index is 2.11. The molecule has 0 aliphatic carbocycles. The average Bonchev–Trinajstić information content (AvgIpc) is 2.49. The van der Waals surface area contributed by atoms with Crippen molar-refractivity contribution in [3.8, 4) is 0 Å². The Hall–Kier alpha value is -2.66. The van der Waals surface area contributed by atoms with Gasteiger partial charge in [0.15, 0.2) is 0 Å². The number of hydrogen-bond acceptors (Lipinski definition) is 3. The average molecular weight is 284 g/mol. The normalized spacial score (nSPS) is 11.7. The highest BCUT2D eigenvalue weighted by molar-refractivity contribution is 5.96. The molecule has 2 aromatic rings. The molecule has 4 N–H and O–H groups in total. The number of aromatic carboxylic acids is 1. The first-order chi connectivity index (χ1) is 10.1. The molecule has 0 fully saturated rings. The van der Waals surface area contributed by atoms with Gasteiger partial charge in [-0.1, -0.05) is 30.3 Å². The summed E-state index contributed by atoms with van der Waals surface area (Å²) in [5.74, 6) is -1.66. The van der Waals surface area contributed by atoms with Crippen LogP contribution < -0.4 is 11.1 Å². The van der Waals surface area contributed by atoms with Crippen LogP contribution in [0.4, 0.5) is 5.69 Å². The highest BCUT2D eigenvalue weighted by atomic mass is 16.4. The minimum Gasteiger partial charge on any atom is -0.478 e. The van der Waals surface area contributed by atoms with E-state index in [0.29, 0.717) is 5.69 Å². The van der Waals surface area contributed by atoms with Gasteiger partial charge in [0.2, 0.25) is 5.91 Å². The third-order valence-corrected chi connectivity index (χ3v) is 3.15. The van der Waals surface area contributed by atoms with Crippen molar-refractivity contribution in [3.63, 3.8) is 0 Å². The zero-order valence-electron chi connectivity index (χ0n) is 11.3. The molecule has 1 unspecified atom stereocenters. The van der Waals surface area contributed by atoms with Crippen molar-refractivity contribution in [2.75, 3.05) is 11.9 Å². The van der Waals surface area contributed by atoms with Crippen LogP contribution in [0.1, 0.15) is 21.8 Å². The van der Waals surface area contributed by atoms with Gasteiger partial charge in [-0.2, -0.15) is 0 Å². The van der Waals surface area contributed by atoms with Gasteiger partial charge in [0, 0.05) is 12.2 Å². The van der Waals surface area contributed by atoms with Gasteiger partial charge in [-0.3, -0.25) is 4.79 Å². The number of carbonyl (C=O) groups excluding carboxylic acids is 1. The molecule has 1 atom stereocenters. The van der Waals surface area contributed by atoms with Crippen molar-refractivity contribution in [3.05, 3.63) is 65.7 Å². The van der Waals surface area contributed by atoms with Crippen molar-refractivity contribution in [2.24, 2.45) is 5.73 Å². The zero-order chi connectivity index (χ0) is 15.2. The van der Waals surface area contributed by atoms with E-state index in [0.717, 1.165) is 5.56 Å². The van der Waals surface area contributed by atoms with Gasteiger partial charge < -0.3 is 16.2 Å². The Morgan fingerprint density at radius 2 is 1.67 bits per heavy atom. The van der Waals surface area contributed by atoms with E-state index in [1.54, 1.807) is 12.1 Å². The Kier molecular flexibility index (Phi) is 4.68. The fraction of sp³-hybridized carbons (Fsp3) is 0.125. The van der Waals surface area contributed by atoms with Crippen molar-refractivity contribution in [2.45, 2.75) is 5.92 Å². The minimum absolute atomic E-state index is 0.173. The number of rotatable bonds is 5. The largest absolute Gasteiger partial charge is 0.478 e. The Morgan fingerprint density at radius 3 is 2.19 bits per heavy atom. The third-order valence-electron chi connectivity index (χ3n) is 3.15. The smallest absolute Gasteiger partial charge is 0.335 e. The number of carbonyl (C=O) groups is 2. The molecule has 1 amide bonds. The number of nitrogens with one attached hydrogen (secondary N) is 1. The SMILES string of the molecule is NCC(C(=O)Nc1ccc(C(=O)O)cc1)c1ccccc1. The number of hydrogen-bond donors (Lipinski definition) is 3. The zero-order valence-corrected chi connectivity index (χ0v) is 11.3. The predicted molar refractivity (Wildman–Crippen MR) is 80.3 cm³/mol. The molecule has 5 nitrogen and oxygen atoms in total. The first kappa shape index (κ1) is 14.7. The van der Waals surface area contributed by atoms with Crippen LogP contribution in [-0.4, -0.2) is 23.5 Å². The van der Waals surface area contributed by atoms with E-state index in [-0.39, 0.29) is 18.0 Å². The molecule has 0 radical (unpaired) electrons. The van der Waals surface area contributed by atoms with E-state index in [1.165, 1.54) is 12.1 Å². The maximum atomic E-state index is 12.3. The van der Waals surface area contributed by atoms with Crippen molar-refractivity contribution in [1.29, 1.82) is 0 Å². The van der Waals surface area contributed by atoms with Crippen LogP contribution in [0.2, 0.25) is 0 Å². The molecule has 5 heteroatoms. The molecule has 0 aliphatic rings. The molecule has 0 bridgehead atoms. The Bertz CT molecular complexity index is 624.